The fraction of sp³-hybridized carbons (Fsp3) is 0.429. The van der Waals surface area contributed by atoms with Gasteiger partial charge < -0.3 is 14.7 Å². The van der Waals surface area contributed by atoms with Crippen molar-refractivity contribution in [2.75, 3.05) is 26.3 Å². The molecule has 2 rings (SSSR count). The van der Waals surface area contributed by atoms with Crippen molar-refractivity contribution >= 4 is 17.2 Å². The molecule has 1 aliphatic rings. The Morgan fingerprint density at radius 3 is 3.25 bits per heavy atom. The zero-order chi connectivity index (χ0) is 14.4. The van der Waals surface area contributed by atoms with Gasteiger partial charge >= 0.3 is 0 Å². The molecule has 1 aromatic heterocycles. The van der Waals surface area contributed by atoms with E-state index in [1.165, 1.54) is 11.3 Å². The SMILES string of the molecule is N#CC1CN(C(=O)c2csc(C#CCCO)c2)CCO1. The van der Waals surface area contributed by atoms with Gasteiger partial charge in [0.25, 0.3) is 5.91 Å². The Hall–Kier alpha value is -1.86. The molecule has 0 radical (unpaired) electrons. The van der Waals surface area contributed by atoms with Crippen LogP contribution in [0.1, 0.15) is 21.7 Å². The number of thiophene rings is 1. The van der Waals surface area contributed by atoms with Crippen LogP contribution in [0.3, 0.4) is 0 Å². The smallest absolute Gasteiger partial charge is 0.254 e. The van der Waals surface area contributed by atoms with Crippen LogP contribution in [-0.2, 0) is 4.74 Å². The van der Waals surface area contributed by atoms with E-state index < -0.39 is 6.10 Å². The molecule has 0 aliphatic carbocycles. The van der Waals surface area contributed by atoms with Gasteiger partial charge in [-0.25, -0.2) is 0 Å². The fourth-order valence-electron chi connectivity index (χ4n) is 1.81. The van der Waals surface area contributed by atoms with Gasteiger partial charge in [-0.1, -0.05) is 11.8 Å². The van der Waals surface area contributed by atoms with E-state index in [0.717, 1.165) is 4.88 Å². The summed E-state index contributed by atoms with van der Waals surface area (Å²) in [6, 6.07) is 3.76. The van der Waals surface area contributed by atoms with Crippen molar-refractivity contribution in [3.05, 3.63) is 21.9 Å². The van der Waals surface area contributed by atoms with E-state index in [1.807, 2.05) is 6.07 Å². The van der Waals surface area contributed by atoms with E-state index in [0.29, 0.717) is 31.7 Å². The molecule has 0 saturated carbocycles. The van der Waals surface area contributed by atoms with Crippen molar-refractivity contribution in [1.29, 1.82) is 5.26 Å². The lowest BCUT2D eigenvalue weighted by Crippen LogP contribution is -2.45. The number of carbonyl (C=O) groups is 1. The first-order valence-corrected chi connectivity index (χ1v) is 7.11. The molecule has 20 heavy (non-hydrogen) atoms. The third-order valence-electron chi connectivity index (χ3n) is 2.79. The second-order valence-electron chi connectivity index (χ2n) is 4.21. The van der Waals surface area contributed by atoms with Crippen LogP contribution in [-0.4, -0.2) is 48.3 Å². The lowest BCUT2D eigenvalue weighted by atomic mass is 10.2. The van der Waals surface area contributed by atoms with Crippen molar-refractivity contribution in [1.82, 2.24) is 4.90 Å². The summed E-state index contributed by atoms with van der Waals surface area (Å²) in [6.07, 6.45) is -0.121. The number of nitrogens with zero attached hydrogens (tertiary/aromatic N) is 2. The van der Waals surface area contributed by atoms with Crippen LogP contribution in [0, 0.1) is 23.2 Å². The summed E-state index contributed by atoms with van der Waals surface area (Å²) in [4.78, 5) is 14.7. The van der Waals surface area contributed by atoms with E-state index in [2.05, 4.69) is 11.8 Å². The van der Waals surface area contributed by atoms with Gasteiger partial charge in [0, 0.05) is 18.3 Å². The Kier molecular flexibility index (Phi) is 5.14. The number of aliphatic hydroxyl groups excluding tert-OH is 1. The molecule has 104 valence electrons. The van der Waals surface area contributed by atoms with E-state index in [-0.39, 0.29) is 12.5 Å². The van der Waals surface area contributed by atoms with E-state index in [4.69, 9.17) is 15.1 Å². The van der Waals surface area contributed by atoms with Crippen LogP contribution in [0.2, 0.25) is 0 Å². The Morgan fingerprint density at radius 2 is 2.50 bits per heavy atom. The predicted octanol–water partition coefficient (Wildman–Crippen LogP) is 0.847. The average molecular weight is 290 g/mol. The third-order valence-corrected chi connectivity index (χ3v) is 3.64. The summed E-state index contributed by atoms with van der Waals surface area (Å²) in [5.41, 5.74) is 0.585. The van der Waals surface area contributed by atoms with E-state index in [9.17, 15) is 4.79 Å². The maximum atomic E-state index is 12.3. The highest BCUT2D eigenvalue weighted by molar-refractivity contribution is 7.10. The van der Waals surface area contributed by atoms with Crippen molar-refractivity contribution in [3.63, 3.8) is 0 Å². The molecule has 1 saturated heterocycles. The predicted molar refractivity (Wildman–Crippen MR) is 74.2 cm³/mol. The molecule has 1 aliphatic heterocycles. The van der Waals surface area contributed by atoms with Crippen molar-refractivity contribution in [2.45, 2.75) is 12.5 Å². The average Bonchev–Trinajstić information content (AvgIpc) is 2.95. The zero-order valence-corrected chi connectivity index (χ0v) is 11.7. The molecule has 1 unspecified atom stereocenters. The first-order chi connectivity index (χ1) is 9.74. The number of carbonyl (C=O) groups excluding carboxylic acids is 1. The molecule has 2 heterocycles. The molecule has 0 aromatic carbocycles. The number of rotatable bonds is 2. The molecular weight excluding hydrogens is 276 g/mol. The van der Waals surface area contributed by atoms with Crippen LogP contribution in [0.15, 0.2) is 11.4 Å². The molecule has 1 fully saturated rings. The summed E-state index contributed by atoms with van der Waals surface area (Å²) in [6.45, 7) is 1.22. The molecule has 1 aromatic rings. The largest absolute Gasteiger partial charge is 0.395 e. The first-order valence-electron chi connectivity index (χ1n) is 6.23. The summed E-state index contributed by atoms with van der Waals surface area (Å²) in [5, 5.41) is 19.3. The monoisotopic (exact) mass is 290 g/mol. The van der Waals surface area contributed by atoms with Crippen molar-refractivity contribution in [3.8, 4) is 17.9 Å². The molecule has 5 nitrogen and oxygen atoms in total. The normalized spacial score (nSPS) is 18.0. The standard InChI is InChI=1S/C14H14N2O3S/c15-8-12-9-16(4-6-19-12)14(18)11-7-13(20-10-11)3-1-2-5-17/h7,10,12,17H,2,4-6,9H2. The lowest BCUT2D eigenvalue weighted by Gasteiger charge is -2.29. The Balaban J connectivity index is 2.03. The minimum atomic E-state index is -0.546. The van der Waals surface area contributed by atoms with E-state index in [1.54, 1.807) is 16.3 Å². The van der Waals surface area contributed by atoms with E-state index >= 15 is 0 Å². The lowest BCUT2D eigenvalue weighted by molar-refractivity contribution is 0.00349. The number of morpholine rings is 1. The maximum Gasteiger partial charge on any atom is 0.254 e. The van der Waals surface area contributed by atoms with Crippen molar-refractivity contribution in [2.24, 2.45) is 0 Å². The first kappa shape index (κ1) is 14.5. The summed E-state index contributed by atoms with van der Waals surface area (Å²) >= 11 is 1.40. The fourth-order valence-corrected chi connectivity index (χ4v) is 2.56. The molecule has 0 spiro atoms. The summed E-state index contributed by atoms with van der Waals surface area (Å²) in [7, 11) is 0. The highest BCUT2D eigenvalue weighted by Gasteiger charge is 2.25. The molecule has 0 bridgehead atoms. The Labute approximate surface area is 121 Å². The number of nitriles is 1. The van der Waals surface area contributed by atoms with Gasteiger partial charge in [-0.15, -0.1) is 11.3 Å². The second kappa shape index (κ2) is 7.06. The van der Waals surface area contributed by atoms with Gasteiger partial charge in [0.1, 0.15) is 0 Å². The zero-order valence-electron chi connectivity index (χ0n) is 10.8. The maximum absolute atomic E-state index is 12.3. The topological polar surface area (TPSA) is 73.6 Å². The van der Waals surface area contributed by atoms with Gasteiger partial charge in [-0.2, -0.15) is 5.26 Å². The highest BCUT2D eigenvalue weighted by atomic mass is 32.1. The van der Waals surface area contributed by atoms with Gasteiger partial charge in [-0.05, 0) is 6.07 Å². The molecule has 6 heteroatoms. The number of ether oxygens (including phenoxy) is 1. The van der Waals surface area contributed by atoms with Crippen LogP contribution in [0.4, 0.5) is 0 Å². The Bertz CT molecular complexity index is 579. The van der Waals surface area contributed by atoms with Crippen LogP contribution >= 0.6 is 11.3 Å². The summed E-state index contributed by atoms with van der Waals surface area (Å²) in [5.74, 6) is 5.63. The minimum Gasteiger partial charge on any atom is -0.395 e. The number of aliphatic hydroxyl groups is 1. The number of hydrogen-bond donors (Lipinski definition) is 1. The van der Waals surface area contributed by atoms with Gasteiger partial charge in [0.2, 0.25) is 0 Å². The van der Waals surface area contributed by atoms with Crippen LogP contribution < -0.4 is 0 Å². The molecule has 1 atom stereocenters. The van der Waals surface area contributed by atoms with Gasteiger partial charge in [0.15, 0.2) is 6.10 Å². The third kappa shape index (κ3) is 3.58. The summed E-state index contributed by atoms with van der Waals surface area (Å²) < 4.78 is 5.22. The van der Waals surface area contributed by atoms with Gasteiger partial charge in [0.05, 0.1) is 36.3 Å². The molecule has 1 N–H and O–H groups in total. The Morgan fingerprint density at radius 1 is 1.65 bits per heavy atom. The van der Waals surface area contributed by atoms with Crippen LogP contribution in [0.5, 0.6) is 0 Å². The number of hydrogen-bond acceptors (Lipinski definition) is 5. The second-order valence-corrected chi connectivity index (χ2v) is 5.13. The van der Waals surface area contributed by atoms with Gasteiger partial charge in [-0.3, -0.25) is 4.79 Å². The quantitative estimate of drug-likeness (QED) is 0.819. The number of amides is 1. The molecular formula is C14H14N2O3S. The molecule has 1 amide bonds. The minimum absolute atomic E-state index is 0.0352. The van der Waals surface area contributed by atoms with Crippen LogP contribution in [0.25, 0.3) is 0 Å². The highest BCUT2D eigenvalue weighted by Crippen LogP contribution is 2.17. The van der Waals surface area contributed by atoms with Crippen molar-refractivity contribution < 1.29 is 14.6 Å².